The summed E-state index contributed by atoms with van der Waals surface area (Å²) in [6, 6.07) is 14.2. The SMILES string of the molecule is CC(C)c1cccc(S(=O)(=O)NCc2cccc(N)c2)c1. The van der Waals surface area contributed by atoms with Gasteiger partial charge in [0.05, 0.1) is 4.90 Å². The molecule has 0 radical (unpaired) electrons. The van der Waals surface area contributed by atoms with E-state index in [0.717, 1.165) is 11.1 Å². The minimum atomic E-state index is -3.52. The van der Waals surface area contributed by atoms with Crippen molar-refractivity contribution in [3.63, 3.8) is 0 Å². The van der Waals surface area contributed by atoms with Gasteiger partial charge in [0.2, 0.25) is 10.0 Å². The van der Waals surface area contributed by atoms with Gasteiger partial charge in [0, 0.05) is 12.2 Å². The molecule has 2 aromatic rings. The zero-order valence-electron chi connectivity index (χ0n) is 12.2. The Hall–Kier alpha value is -1.85. The molecule has 0 bridgehead atoms. The Morgan fingerprint density at radius 1 is 1.10 bits per heavy atom. The molecule has 2 rings (SSSR count). The van der Waals surface area contributed by atoms with Gasteiger partial charge in [-0.3, -0.25) is 0 Å². The van der Waals surface area contributed by atoms with E-state index in [1.54, 1.807) is 36.4 Å². The van der Waals surface area contributed by atoms with Gasteiger partial charge in [0.25, 0.3) is 0 Å². The van der Waals surface area contributed by atoms with Crippen LogP contribution in [-0.4, -0.2) is 8.42 Å². The zero-order chi connectivity index (χ0) is 15.5. The van der Waals surface area contributed by atoms with Crippen LogP contribution in [0, 0.1) is 0 Å². The summed E-state index contributed by atoms with van der Waals surface area (Å²) >= 11 is 0. The lowest BCUT2D eigenvalue weighted by Crippen LogP contribution is -2.23. The third-order valence-corrected chi connectivity index (χ3v) is 4.65. The summed E-state index contributed by atoms with van der Waals surface area (Å²) in [6.45, 7) is 4.29. The highest BCUT2D eigenvalue weighted by Gasteiger charge is 2.14. The Bertz CT molecular complexity index is 725. The molecule has 21 heavy (non-hydrogen) atoms. The highest BCUT2D eigenvalue weighted by molar-refractivity contribution is 7.89. The second kappa shape index (κ2) is 6.28. The number of rotatable bonds is 5. The summed E-state index contributed by atoms with van der Waals surface area (Å²) < 4.78 is 27.2. The molecule has 0 aliphatic carbocycles. The monoisotopic (exact) mass is 304 g/mol. The van der Waals surface area contributed by atoms with Crippen LogP contribution in [0.25, 0.3) is 0 Å². The lowest BCUT2D eigenvalue weighted by atomic mass is 10.0. The smallest absolute Gasteiger partial charge is 0.240 e. The Morgan fingerprint density at radius 2 is 1.81 bits per heavy atom. The fourth-order valence-corrected chi connectivity index (χ4v) is 3.08. The first kappa shape index (κ1) is 15.5. The molecular weight excluding hydrogens is 284 g/mol. The lowest BCUT2D eigenvalue weighted by Gasteiger charge is -2.10. The fourth-order valence-electron chi connectivity index (χ4n) is 2.01. The molecule has 3 N–H and O–H groups in total. The molecule has 0 amide bonds. The first-order chi connectivity index (χ1) is 9.88. The lowest BCUT2D eigenvalue weighted by molar-refractivity contribution is 0.581. The van der Waals surface area contributed by atoms with Crippen molar-refractivity contribution in [2.75, 3.05) is 5.73 Å². The topological polar surface area (TPSA) is 72.2 Å². The van der Waals surface area contributed by atoms with Crippen LogP contribution in [0.1, 0.15) is 30.9 Å². The number of anilines is 1. The predicted molar refractivity (Wildman–Crippen MR) is 85.4 cm³/mol. The highest BCUT2D eigenvalue weighted by atomic mass is 32.2. The first-order valence-corrected chi connectivity index (χ1v) is 8.31. The number of hydrogen-bond acceptors (Lipinski definition) is 3. The fraction of sp³-hybridized carbons (Fsp3) is 0.250. The average Bonchev–Trinajstić information content (AvgIpc) is 2.45. The van der Waals surface area contributed by atoms with Gasteiger partial charge in [0.1, 0.15) is 0 Å². The molecule has 0 aliphatic heterocycles. The van der Waals surface area contributed by atoms with Crippen molar-refractivity contribution in [1.82, 2.24) is 4.72 Å². The molecule has 0 heterocycles. The van der Waals surface area contributed by atoms with Gasteiger partial charge in [-0.05, 0) is 41.3 Å². The van der Waals surface area contributed by atoms with E-state index in [0.29, 0.717) is 5.69 Å². The predicted octanol–water partition coefficient (Wildman–Crippen LogP) is 2.87. The van der Waals surface area contributed by atoms with E-state index >= 15 is 0 Å². The number of hydrogen-bond donors (Lipinski definition) is 2. The van der Waals surface area contributed by atoms with Crippen LogP contribution in [-0.2, 0) is 16.6 Å². The number of nitrogen functional groups attached to an aromatic ring is 1. The van der Waals surface area contributed by atoms with Crippen molar-refractivity contribution < 1.29 is 8.42 Å². The van der Waals surface area contributed by atoms with Gasteiger partial charge >= 0.3 is 0 Å². The Labute approximate surface area is 126 Å². The van der Waals surface area contributed by atoms with Crippen LogP contribution in [0.4, 0.5) is 5.69 Å². The molecule has 0 saturated heterocycles. The number of nitrogens with two attached hydrogens (primary N) is 1. The van der Waals surface area contributed by atoms with Gasteiger partial charge < -0.3 is 5.73 Å². The van der Waals surface area contributed by atoms with Crippen LogP contribution in [0.5, 0.6) is 0 Å². The molecule has 112 valence electrons. The van der Waals surface area contributed by atoms with Crippen molar-refractivity contribution >= 4 is 15.7 Å². The zero-order valence-corrected chi connectivity index (χ0v) is 13.0. The summed E-state index contributed by atoms with van der Waals surface area (Å²) in [5.41, 5.74) is 8.14. The molecule has 0 spiro atoms. The molecular formula is C16H20N2O2S. The maximum absolute atomic E-state index is 12.3. The quantitative estimate of drug-likeness (QED) is 0.834. The van der Waals surface area contributed by atoms with Gasteiger partial charge in [-0.25, -0.2) is 13.1 Å². The second-order valence-corrected chi connectivity index (χ2v) is 7.06. The van der Waals surface area contributed by atoms with E-state index in [-0.39, 0.29) is 17.4 Å². The summed E-state index contributed by atoms with van der Waals surface area (Å²) in [5, 5.41) is 0. The van der Waals surface area contributed by atoms with Crippen LogP contribution in [0.3, 0.4) is 0 Å². The van der Waals surface area contributed by atoms with E-state index in [1.165, 1.54) is 0 Å². The Kier molecular flexibility index (Phi) is 4.65. The van der Waals surface area contributed by atoms with E-state index in [9.17, 15) is 8.42 Å². The summed E-state index contributed by atoms with van der Waals surface area (Å²) in [7, 11) is -3.52. The molecule has 0 aromatic heterocycles. The molecule has 5 heteroatoms. The normalized spacial score (nSPS) is 11.8. The summed E-state index contributed by atoms with van der Waals surface area (Å²) in [6.07, 6.45) is 0. The molecule has 4 nitrogen and oxygen atoms in total. The highest BCUT2D eigenvalue weighted by Crippen LogP contribution is 2.18. The van der Waals surface area contributed by atoms with Crippen LogP contribution in [0.15, 0.2) is 53.4 Å². The second-order valence-electron chi connectivity index (χ2n) is 5.30. The van der Waals surface area contributed by atoms with Crippen molar-refractivity contribution in [2.24, 2.45) is 0 Å². The van der Waals surface area contributed by atoms with Gasteiger partial charge in [-0.15, -0.1) is 0 Å². The van der Waals surface area contributed by atoms with Gasteiger partial charge in [-0.2, -0.15) is 0 Å². The van der Waals surface area contributed by atoms with E-state index in [4.69, 9.17) is 5.73 Å². The number of nitrogens with one attached hydrogen (secondary N) is 1. The van der Waals surface area contributed by atoms with Crippen molar-refractivity contribution in [3.05, 3.63) is 59.7 Å². The van der Waals surface area contributed by atoms with Crippen LogP contribution >= 0.6 is 0 Å². The molecule has 0 unspecified atom stereocenters. The van der Waals surface area contributed by atoms with Crippen molar-refractivity contribution in [1.29, 1.82) is 0 Å². The van der Waals surface area contributed by atoms with Crippen LogP contribution < -0.4 is 10.5 Å². The van der Waals surface area contributed by atoms with E-state index < -0.39 is 10.0 Å². The largest absolute Gasteiger partial charge is 0.399 e. The number of sulfonamides is 1. The van der Waals surface area contributed by atoms with Gasteiger partial charge in [0.15, 0.2) is 0 Å². The number of benzene rings is 2. The average molecular weight is 304 g/mol. The molecule has 0 atom stereocenters. The van der Waals surface area contributed by atoms with E-state index in [2.05, 4.69) is 4.72 Å². The minimum absolute atomic E-state index is 0.222. The third-order valence-electron chi connectivity index (χ3n) is 3.25. The maximum atomic E-state index is 12.3. The van der Waals surface area contributed by atoms with Crippen molar-refractivity contribution in [2.45, 2.75) is 31.2 Å². The Morgan fingerprint density at radius 3 is 2.48 bits per heavy atom. The first-order valence-electron chi connectivity index (χ1n) is 6.82. The summed E-state index contributed by atoms with van der Waals surface area (Å²) in [4.78, 5) is 0.289. The van der Waals surface area contributed by atoms with Crippen LogP contribution in [0.2, 0.25) is 0 Å². The molecule has 0 aliphatic rings. The van der Waals surface area contributed by atoms with Crippen molar-refractivity contribution in [3.8, 4) is 0 Å². The summed E-state index contributed by atoms with van der Waals surface area (Å²) in [5.74, 6) is 0.286. The van der Waals surface area contributed by atoms with E-state index in [1.807, 2.05) is 26.0 Å². The standard InChI is InChI=1S/C16H20N2O2S/c1-12(2)14-6-4-8-16(10-14)21(19,20)18-11-13-5-3-7-15(17)9-13/h3-10,12,18H,11,17H2,1-2H3. The molecule has 0 fully saturated rings. The molecule has 0 saturated carbocycles. The molecule has 2 aromatic carbocycles. The minimum Gasteiger partial charge on any atom is -0.399 e. The maximum Gasteiger partial charge on any atom is 0.240 e. The van der Waals surface area contributed by atoms with Gasteiger partial charge in [-0.1, -0.05) is 38.1 Å². The Balaban J connectivity index is 2.17. The third kappa shape index (κ3) is 4.06.